The third-order valence-corrected chi connectivity index (χ3v) is 3.15. The second-order valence-electron chi connectivity index (χ2n) is 4.87. The molecule has 5 nitrogen and oxygen atoms in total. The Balaban J connectivity index is 2.22. The Morgan fingerprint density at radius 2 is 2.22 bits per heavy atom. The zero-order chi connectivity index (χ0) is 13.0. The molecule has 0 unspecified atom stereocenters. The zero-order valence-corrected chi connectivity index (χ0v) is 11.0. The van der Waals surface area contributed by atoms with E-state index in [-0.39, 0.29) is 11.8 Å². The van der Waals surface area contributed by atoms with Gasteiger partial charge in [0.25, 0.3) is 5.91 Å². The van der Waals surface area contributed by atoms with Crippen LogP contribution in [-0.2, 0) is 0 Å². The monoisotopic (exact) mass is 248 g/mol. The number of rotatable bonds is 2. The summed E-state index contributed by atoms with van der Waals surface area (Å²) < 4.78 is 0. The van der Waals surface area contributed by atoms with Gasteiger partial charge in [0.15, 0.2) is 0 Å². The van der Waals surface area contributed by atoms with E-state index in [9.17, 15) is 4.79 Å². The molecule has 0 radical (unpaired) electrons. The molecule has 1 aliphatic rings. The van der Waals surface area contributed by atoms with E-state index in [2.05, 4.69) is 15.3 Å². The number of carbonyl (C=O) groups is 1. The van der Waals surface area contributed by atoms with Gasteiger partial charge in [0.2, 0.25) is 0 Å². The van der Waals surface area contributed by atoms with Crippen LogP contribution in [0, 0.1) is 0 Å². The lowest BCUT2D eigenvalue weighted by Gasteiger charge is -2.21. The average molecular weight is 248 g/mol. The zero-order valence-electron chi connectivity index (χ0n) is 11.0. The van der Waals surface area contributed by atoms with E-state index < -0.39 is 0 Å². The highest BCUT2D eigenvalue weighted by molar-refractivity contribution is 5.95. The summed E-state index contributed by atoms with van der Waals surface area (Å²) in [5.74, 6) is 0.292. The van der Waals surface area contributed by atoms with Gasteiger partial charge in [-0.1, -0.05) is 13.8 Å². The van der Waals surface area contributed by atoms with Gasteiger partial charge in [-0.05, 0) is 18.9 Å². The summed E-state index contributed by atoms with van der Waals surface area (Å²) in [4.78, 5) is 22.6. The first-order valence-electron chi connectivity index (χ1n) is 6.50. The Morgan fingerprint density at radius 1 is 1.39 bits per heavy atom. The summed E-state index contributed by atoms with van der Waals surface area (Å²) in [5.41, 5.74) is 1.49. The molecule has 1 N–H and O–H groups in total. The van der Waals surface area contributed by atoms with E-state index in [1.54, 1.807) is 6.20 Å². The minimum absolute atomic E-state index is 0.0583. The fourth-order valence-electron chi connectivity index (χ4n) is 2.18. The molecule has 5 heteroatoms. The van der Waals surface area contributed by atoms with Crippen LogP contribution in [0.25, 0.3) is 0 Å². The molecule has 0 aromatic carbocycles. The number of carbonyl (C=O) groups excluding carboxylic acids is 1. The third kappa shape index (κ3) is 2.85. The Morgan fingerprint density at radius 3 is 3.00 bits per heavy atom. The molecule has 18 heavy (non-hydrogen) atoms. The highest BCUT2D eigenvalue weighted by atomic mass is 16.2. The predicted molar refractivity (Wildman–Crippen MR) is 69.5 cm³/mol. The molecule has 0 saturated carbocycles. The fraction of sp³-hybridized carbons (Fsp3) is 0.615. The molecule has 0 bridgehead atoms. The van der Waals surface area contributed by atoms with E-state index >= 15 is 0 Å². The van der Waals surface area contributed by atoms with Crippen molar-refractivity contribution in [3.8, 4) is 0 Å². The van der Waals surface area contributed by atoms with Crippen molar-refractivity contribution in [2.45, 2.75) is 26.2 Å². The quantitative estimate of drug-likeness (QED) is 0.849. The minimum Gasteiger partial charge on any atom is -0.337 e. The Labute approximate surface area is 108 Å². The molecule has 0 spiro atoms. The normalized spacial score (nSPS) is 16.7. The molecular formula is C13H20N4O. The molecule has 1 aliphatic heterocycles. The van der Waals surface area contributed by atoms with Crippen molar-refractivity contribution in [2.24, 2.45) is 0 Å². The van der Waals surface area contributed by atoms with Gasteiger partial charge >= 0.3 is 0 Å². The van der Waals surface area contributed by atoms with Crippen LogP contribution in [0.4, 0.5) is 0 Å². The number of amides is 1. The second-order valence-corrected chi connectivity index (χ2v) is 4.87. The molecule has 1 aromatic heterocycles. The molecule has 1 saturated heterocycles. The summed E-state index contributed by atoms with van der Waals surface area (Å²) >= 11 is 0. The molecule has 1 aromatic rings. The molecule has 0 aliphatic carbocycles. The van der Waals surface area contributed by atoms with Crippen LogP contribution < -0.4 is 5.32 Å². The van der Waals surface area contributed by atoms with Crippen LogP contribution >= 0.6 is 0 Å². The van der Waals surface area contributed by atoms with Gasteiger partial charge in [0.05, 0.1) is 11.3 Å². The van der Waals surface area contributed by atoms with Gasteiger partial charge in [-0.25, -0.2) is 9.97 Å². The lowest BCUT2D eigenvalue weighted by molar-refractivity contribution is 0.0764. The standard InChI is InChI=1S/C13H20N4O/c1-10(2)12-11(8-15-9-16-12)13(18)17-6-3-4-14-5-7-17/h8-10,14H,3-7H2,1-2H3. The molecule has 1 amide bonds. The molecule has 2 rings (SSSR count). The van der Waals surface area contributed by atoms with Crippen molar-refractivity contribution < 1.29 is 4.79 Å². The number of nitrogens with zero attached hydrogens (tertiary/aromatic N) is 3. The van der Waals surface area contributed by atoms with Crippen molar-refractivity contribution in [1.82, 2.24) is 20.2 Å². The van der Waals surface area contributed by atoms with Gasteiger partial charge < -0.3 is 10.2 Å². The van der Waals surface area contributed by atoms with E-state index in [1.165, 1.54) is 6.33 Å². The van der Waals surface area contributed by atoms with E-state index in [0.717, 1.165) is 38.3 Å². The van der Waals surface area contributed by atoms with Crippen LogP contribution in [0.1, 0.15) is 42.2 Å². The molecule has 98 valence electrons. The van der Waals surface area contributed by atoms with E-state index in [4.69, 9.17) is 0 Å². The summed E-state index contributed by atoms with van der Waals surface area (Å²) in [6, 6.07) is 0. The average Bonchev–Trinajstić information content (AvgIpc) is 2.66. The van der Waals surface area contributed by atoms with Gasteiger partial charge in [0, 0.05) is 25.8 Å². The fourth-order valence-corrected chi connectivity index (χ4v) is 2.18. The largest absolute Gasteiger partial charge is 0.337 e. The second kappa shape index (κ2) is 5.91. The van der Waals surface area contributed by atoms with Gasteiger partial charge in [0.1, 0.15) is 6.33 Å². The van der Waals surface area contributed by atoms with Crippen molar-refractivity contribution in [3.05, 3.63) is 23.8 Å². The summed E-state index contributed by atoms with van der Waals surface area (Å²) in [7, 11) is 0. The molecular weight excluding hydrogens is 228 g/mol. The first-order chi connectivity index (χ1) is 8.70. The summed E-state index contributed by atoms with van der Waals surface area (Å²) in [6.07, 6.45) is 4.15. The Kier molecular flexibility index (Phi) is 4.25. The smallest absolute Gasteiger partial charge is 0.257 e. The first kappa shape index (κ1) is 13.0. The third-order valence-electron chi connectivity index (χ3n) is 3.15. The topological polar surface area (TPSA) is 58.1 Å². The number of nitrogens with one attached hydrogen (secondary N) is 1. The summed E-state index contributed by atoms with van der Waals surface area (Å²) in [6.45, 7) is 7.48. The number of hydrogen-bond acceptors (Lipinski definition) is 4. The van der Waals surface area contributed by atoms with Gasteiger partial charge in [-0.15, -0.1) is 0 Å². The first-order valence-corrected chi connectivity index (χ1v) is 6.50. The lowest BCUT2D eigenvalue weighted by atomic mass is 10.0. The van der Waals surface area contributed by atoms with Crippen LogP contribution in [-0.4, -0.2) is 47.0 Å². The number of hydrogen-bond donors (Lipinski definition) is 1. The van der Waals surface area contributed by atoms with Crippen molar-refractivity contribution in [3.63, 3.8) is 0 Å². The van der Waals surface area contributed by atoms with E-state index in [0.29, 0.717) is 5.56 Å². The van der Waals surface area contributed by atoms with Crippen molar-refractivity contribution >= 4 is 5.91 Å². The maximum absolute atomic E-state index is 12.5. The van der Waals surface area contributed by atoms with Crippen LogP contribution in [0.5, 0.6) is 0 Å². The Bertz CT molecular complexity index is 411. The highest BCUT2D eigenvalue weighted by Crippen LogP contribution is 2.17. The van der Waals surface area contributed by atoms with Crippen molar-refractivity contribution in [1.29, 1.82) is 0 Å². The van der Waals surface area contributed by atoms with Crippen LogP contribution in [0.15, 0.2) is 12.5 Å². The lowest BCUT2D eigenvalue weighted by Crippen LogP contribution is -2.35. The van der Waals surface area contributed by atoms with Crippen LogP contribution in [0.2, 0.25) is 0 Å². The highest BCUT2D eigenvalue weighted by Gasteiger charge is 2.21. The van der Waals surface area contributed by atoms with Gasteiger partial charge in [-0.2, -0.15) is 0 Å². The van der Waals surface area contributed by atoms with E-state index in [1.807, 2.05) is 18.7 Å². The predicted octanol–water partition coefficient (Wildman–Crippen LogP) is 1.04. The molecule has 1 fully saturated rings. The maximum Gasteiger partial charge on any atom is 0.257 e. The number of aromatic nitrogens is 2. The summed E-state index contributed by atoms with van der Waals surface area (Å²) in [5, 5.41) is 3.30. The maximum atomic E-state index is 12.5. The SMILES string of the molecule is CC(C)c1ncncc1C(=O)N1CCCNCC1. The molecule has 2 heterocycles. The Hall–Kier alpha value is -1.49. The minimum atomic E-state index is 0.0583. The van der Waals surface area contributed by atoms with Crippen molar-refractivity contribution in [2.75, 3.05) is 26.2 Å². The van der Waals surface area contributed by atoms with Gasteiger partial charge in [-0.3, -0.25) is 4.79 Å². The van der Waals surface area contributed by atoms with Crippen LogP contribution in [0.3, 0.4) is 0 Å². The molecule has 0 atom stereocenters.